The molecule has 28 heavy (non-hydrogen) atoms. The lowest BCUT2D eigenvalue weighted by atomic mass is 10.2. The number of hydrogen-bond acceptors (Lipinski definition) is 5. The normalized spacial score (nSPS) is 11.2. The van der Waals surface area contributed by atoms with Gasteiger partial charge < -0.3 is 0 Å². The minimum Gasteiger partial charge on any atom is -0.297 e. The molecule has 0 bridgehead atoms. The second-order valence-corrected chi connectivity index (χ2v) is 8.56. The number of unbranched alkanes of at least 4 members (excludes halogenated alkanes) is 1. The zero-order chi connectivity index (χ0) is 20.1. The van der Waals surface area contributed by atoms with E-state index in [1.54, 1.807) is 4.57 Å². The molecule has 0 radical (unpaired) electrons. The van der Waals surface area contributed by atoms with Gasteiger partial charge in [0.2, 0.25) is 0 Å². The highest BCUT2D eigenvalue weighted by Crippen LogP contribution is 2.33. The topological polar surface area (TPSA) is 69.6 Å². The van der Waals surface area contributed by atoms with Crippen molar-refractivity contribution in [1.82, 2.24) is 4.57 Å². The Morgan fingerprint density at radius 2 is 1.93 bits per heavy atom. The molecule has 0 fully saturated rings. The molecule has 0 saturated carbocycles. The van der Waals surface area contributed by atoms with Crippen LogP contribution in [0.5, 0.6) is 0 Å². The van der Waals surface area contributed by atoms with Gasteiger partial charge in [-0.15, -0.1) is 22.7 Å². The van der Waals surface area contributed by atoms with Crippen molar-refractivity contribution < 1.29 is 0 Å². The van der Waals surface area contributed by atoms with E-state index in [9.17, 15) is 15.3 Å². The summed E-state index contributed by atoms with van der Waals surface area (Å²) in [4.78, 5) is 14.8. The van der Waals surface area contributed by atoms with Crippen LogP contribution in [0.25, 0.3) is 22.1 Å². The molecule has 2 heterocycles. The van der Waals surface area contributed by atoms with E-state index in [1.807, 2.05) is 61.5 Å². The molecule has 1 aromatic carbocycles. The number of benzene rings is 1. The summed E-state index contributed by atoms with van der Waals surface area (Å²) in [7, 11) is 0. The number of aromatic nitrogens is 1. The maximum atomic E-state index is 12.9. The van der Waals surface area contributed by atoms with Crippen molar-refractivity contribution in [1.29, 1.82) is 10.5 Å². The van der Waals surface area contributed by atoms with Crippen LogP contribution in [0, 0.1) is 22.7 Å². The largest absolute Gasteiger partial charge is 0.297 e. The van der Waals surface area contributed by atoms with E-state index >= 15 is 0 Å². The number of rotatable bonds is 5. The summed E-state index contributed by atoms with van der Waals surface area (Å²) < 4.78 is 2.49. The van der Waals surface area contributed by atoms with Gasteiger partial charge in [0.05, 0.1) is 4.53 Å². The van der Waals surface area contributed by atoms with Crippen molar-refractivity contribution in [3.05, 3.63) is 65.8 Å². The fraction of sp³-hybridized carbons (Fsp3) is 0.190. The molecule has 3 rings (SSSR count). The lowest BCUT2D eigenvalue weighted by Crippen LogP contribution is -2.32. The van der Waals surface area contributed by atoms with E-state index in [4.69, 9.17) is 11.6 Å². The predicted octanol–water partition coefficient (Wildman–Crippen LogP) is 4.12. The molecular weight excluding hydrogens is 410 g/mol. The number of nitrogens with zero attached hydrogens (tertiary/aromatic N) is 3. The Morgan fingerprint density at radius 1 is 1.18 bits per heavy atom. The first kappa shape index (κ1) is 20.1. The van der Waals surface area contributed by atoms with Gasteiger partial charge in [0, 0.05) is 26.9 Å². The zero-order valence-corrected chi connectivity index (χ0v) is 17.5. The van der Waals surface area contributed by atoms with Crippen LogP contribution >= 0.6 is 34.3 Å². The van der Waals surface area contributed by atoms with Crippen LogP contribution in [-0.4, -0.2) is 4.57 Å². The summed E-state index contributed by atoms with van der Waals surface area (Å²) in [6, 6.07) is 15.3. The molecule has 7 heteroatoms. The second-order valence-electron chi connectivity index (χ2n) is 6.01. The van der Waals surface area contributed by atoms with Crippen LogP contribution in [-0.2, 0) is 6.54 Å². The van der Waals surface area contributed by atoms with E-state index < -0.39 is 0 Å². The molecule has 2 aromatic heterocycles. The van der Waals surface area contributed by atoms with Gasteiger partial charge in [0.25, 0.3) is 5.56 Å². The summed E-state index contributed by atoms with van der Waals surface area (Å²) in [6.07, 6.45) is 3.54. The molecule has 0 N–H and O–H groups in total. The monoisotopic (exact) mass is 425 g/mol. The lowest BCUT2D eigenvalue weighted by molar-refractivity contribution is 0.609. The number of thiazole rings is 1. The van der Waals surface area contributed by atoms with Crippen molar-refractivity contribution in [2.24, 2.45) is 0 Å². The first-order valence-corrected chi connectivity index (χ1v) is 10.7. The third-order valence-corrected chi connectivity index (χ3v) is 6.65. The third kappa shape index (κ3) is 4.10. The van der Waals surface area contributed by atoms with Crippen LogP contribution in [0.4, 0.5) is 0 Å². The highest BCUT2D eigenvalue weighted by atomic mass is 35.5. The molecule has 0 unspecified atom stereocenters. The fourth-order valence-electron chi connectivity index (χ4n) is 2.71. The van der Waals surface area contributed by atoms with E-state index in [0.29, 0.717) is 20.8 Å². The van der Waals surface area contributed by atoms with Crippen LogP contribution in [0.3, 0.4) is 0 Å². The second kappa shape index (κ2) is 9.03. The highest BCUT2D eigenvalue weighted by Gasteiger charge is 2.10. The molecule has 0 saturated heterocycles. The van der Waals surface area contributed by atoms with Gasteiger partial charge in [0.15, 0.2) is 5.57 Å². The first-order valence-electron chi connectivity index (χ1n) is 8.69. The quantitative estimate of drug-likeness (QED) is 0.617. The van der Waals surface area contributed by atoms with Gasteiger partial charge in [-0.05, 0) is 30.7 Å². The predicted molar refractivity (Wildman–Crippen MR) is 116 cm³/mol. The average molecular weight is 426 g/mol. The minimum atomic E-state index is -0.163. The summed E-state index contributed by atoms with van der Waals surface area (Å²) in [5.41, 5.74) is 0.760. The molecule has 0 aliphatic heterocycles. The maximum absolute atomic E-state index is 12.9. The van der Waals surface area contributed by atoms with Crippen molar-refractivity contribution in [3.63, 3.8) is 0 Å². The third-order valence-electron chi connectivity index (χ3n) is 4.12. The zero-order valence-electron chi connectivity index (χ0n) is 15.1. The summed E-state index contributed by atoms with van der Waals surface area (Å²) in [5, 5.41) is 19.2. The smallest absolute Gasteiger partial charge is 0.269 e. The molecule has 0 atom stereocenters. The van der Waals surface area contributed by atoms with Crippen molar-refractivity contribution in [2.75, 3.05) is 0 Å². The maximum Gasteiger partial charge on any atom is 0.269 e. The van der Waals surface area contributed by atoms with Crippen LogP contribution in [0.15, 0.2) is 41.2 Å². The van der Waals surface area contributed by atoms with Gasteiger partial charge in [-0.1, -0.05) is 43.1 Å². The highest BCUT2D eigenvalue weighted by molar-refractivity contribution is 7.16. The first-order chi connectivity index (χ1) is 13.6. The number of hydrogen-bond donors (Lipinski definition) is 0. The van der Waals surface area contributed by atoms with Crippen LogP contribution in [0.1, 0.15) is 24.6 Å². The van der Waals surface area contributed by atoms with Crippen LogP contribution in [0.2, 0.25) is 5.02 Å². The Labute approximate surface area is 175 Å². The molecule has 3 aromatic rings. The van der Waals surface area contributed by atoms with Gasteiger partial charge in [-0.2, -0.15) is 10.5 Å². The van der Waals surface area contributed by atoms with Crippen LogP contribution < -0.4 is 14.8 Å². The van der Waals surface area contributed by atoms with E-state index in [0.717, 1.165) is 28.2 Å². The average Bonchev–Trinajstić information content (AvgIpc) is 3.27. The Bertz CT molecular complexity index is 1250. The van der Waals surface area contributed by atoms with E-state index in [2.05, 4.69) is 0 Å². The standard InChI is InChI=1S/C21H16ClN3OS2/c1-2-3-10-25-20(26)19(28-21(25)14(12-23)13-24)11-15-8-9-18(27-15)16-6-4-5-7-17(16)22/h4-9,11H,2-3,10H2,1H3/b19-11+. The summed E-state index contributed by atoms with van der Waals surface area (Å²) in [5.74, 6) is 0. The molecule has 0 spiro atoms. The Morgan fingerprint density at radius 3 is 2.61 bits per heavy atom. The van der Waals surface area contributed by atoms with E-state index in [-0.39, 0.29) is 11.1 Å². The van der Waals surface area contributed by atoms with Gasteiger partial charge >= 0.3 is 0 Å². The Hall–Kier alpha value is -2.64. The number of halogens is 1. The molecule has 0 aliphatic carbocycles. The van der Waals surface area contributed by atoms with Crippen molar-refractivity contribution >= 4 is 45.9 Å². The number of nitriles is 2. The summed E-state index contributed by atoms with van der Waals surface area (Å²) >= 11 is 9.00. The summed E-state index contributed by atoms with van der Waals surface area (Å²) in [6.45, 7) is 2.53. The Kier molecular flexibility index (Phi) is 6.49. The van der Waals surface area contributed by atoms with Crippen molar-refractivity contribution in [2.45, 2.75) is 26.3 Å². The Balaban J connectivity index is 2.13. The SMILES string of the molecule is CCCCn1c(=C(C#N)C#N)s/c(=C/c2ccc(-c3ccccc3Cl)s2)c1=O. The molecular formula is C21H16ClN3OS2. The van der Waals surface area contributed by atoms with Gasteiger partial charge in [-0.3, -0.25) is 9.36 Å². The van der Waals surface area contributed by atoms with Crippen molar-refractivity contribution in [3.8, 4) is 22.6 Å². The minimum absolute atomic E-state index is 0.0270. The fourth-order valence-corrected chi connectivity index (χ4v) is 5.14. The van der Waals surface area contributed by atoms with E-state index in [1.165, 1.54) is 22.7 Å². The molecule has 0 amide bonds. The van der Waals surface area contributed by atoms with Gasteiger partial charge in [0.1, 0.15) is 16.8 Å². The lowest BCUT2D eigenvalue weighted by Gasteiger charge is -1.99. The molecule has 0 aliphatic rings. The van der Waals surface area contributed by atoms with Gasteiger partial charge in [-0.25, -0.2) is 0 Å². The number of thiophene rings is 1. The molecule has 140 valence electrons. The molecule has 4 nitrogen and oxygen atoms in total.